The number of aryl methyl sites for hydroxylation is 1. The third-order valence-corrected chi connectivity index (χ3v) is 4.13. The zero-order valence-electron chi connectivity index (χ0n) is 8.62. The van der Waals surface area contributed by atoms with Crippen molar-refractivity contribution >= 4 is 23.4 Å². The van der Waals surface area contributed by atoms with Crippen molar-refractivity contribution in [1.82, 2.24) is 10.1 Å². The fourth-order valence-electron chi connectivity index (χ4n) is 1.78. The smallest absolute Gasteiger partial charge is 0.227 e. The standard InChI is InChI=1S/C10H15ClN2OS/c11-6-5-10-12-9(13-14-10)7-15-8-3-1-2-4-8/h8H,1-7H2. The summed E-state index contributed by atoms with van der Waals surface area (Å²) in [7, 11) is 0. The minimum Gasteiger partial charge on any atom is -0.339 e. The molecule has 84 valence electrons. The van der Waals surface area contributed by atoms with Crippen LogP contribution in [0.3, 0.4) is 0 Å². The molecule has 2 rings (SSSR count). The molecule has 0 radical (unpaired) electrons. The quantitative estimate of drug-likeness (QED) is 0.749. The summed E-state index contributed by atoms with van der Waals surface area (Å²) in [6.07, 6.45) is 6.11. The summed E-state index contributed by atoms with van der Waals surface area (Å²) in [6, 6.07) is 0. The van der Waals surface area contributed by atoms with E-state index in [1.807, 2.05) is 11.8 Å². The Balaban J connectivity index is 1.77. The largest absolute Gasteiger partial charge is 0.339 e. The molecule has 0 N–H and O–H groups in total. The van der Waals surface area contributed by atoms with Gasteiger partial charge in [0.2, 0.25) is 5.89 Å². The van der Waals surface area contributed by atoms with Crippen LogP contribution in [0.2, 0.25) is 0 Å². The van der Waals surface area contributed by atoms with Gasteiger partial charge in [-0.15, -0.1) is 11.6 Å². The highest BCUT2D eigenvalue weighted by atomic mass is 35.5. The molecular formula is C10H15ClN2OS. The second-order valence-electron chi connectivity index (χ2n) is 3.76. The first kappa shape index (κ1) is 11.3. The van der Waals surface area contributed by atoms with Gasteiger partial charge in [-0.2, -0.15) is 16.7 Å². The van der Waals surface area contributed by atoms with Crippen molar-refractivity contribution in [1.29, 1.82) is 0 Å². The lowest BCUT2D eigenvalue weighted by molar-refractivity contribution is 0.378. The van der Waals surface area contributed by atoms with Crippen molar-refractivity contribution in [2.75, 3.05) is 5.88 Å². The van der Waals surface area contributed by atoms with E-state index in [0.29, 0.717) is 18.2 Å². The Labute approximate surface area is 99.0 Å². The monoisotopic (exact) mass is 246 g/mol. The van der Waals surface area contributed by atoms with Gasteiger partial charge in [-0.1, -0.05) is 18.0 Å². The Morgan fingerprint density at radius 2 is 2.20 bits per heavy atom. The normalized spacial score (nSPS) is 17.4. The molecule has 1 aromatic rings. The summed E-state index contributed by atoms with van der Waals surface area (Å²) in [5.41, 5.74) is 0. The molecule has 0 atom stereocenters. The van der Waals surface area contributed by atoms with Gasteiger partial charge in [0, 0.05) is 17.6 Å². The van der Waals surface area contributed by atoms with Gasteiger partial charge >= 0.3 is 0 Å². The van der Waals surface area contributed by atoms with Gasteiger partial charge in [-0.05, 0) is 12.8 Å². The highest BCUT2D eigenvalue weighted by Crippen LogP contribution is 2.30. The van der Waals surface area contributed by atoms with Crippen LogP contribution in [0.15, 0.2) is 4.52 Å². The zero-order valence-corrected chi connectivity index (χ0v) is 10.2. The van der Waals surface area contributed by atoms with Gasteiger partial charge in [0.05, 0.1) is 5.75 Å². The second-order valence-corrected chi connectivity index (χ2v) is 5.43. The maximum Gasteiger partial charge on any atom is 0.227 e. The highest BCUT2D eigenvalue weighted by molar-refractivity contribution is 7.99. The van der Waals surface area contributed by atoms with Crippen molar-refractivity contribution < 1.29 is 4.52 Å². The second kappa shape index (κ2) is 5.75. The number of aromatic nitrogens is 2. The van der Waals surface area contributed by atoms with Gasteiger partial charge < -0.3 is 4.52 Å². The van der Waals surface area contributed by atoms with E-state index in [1.54, 1.807) is 0 Å². The average Bonchev–Trinajstić information content (AvgIpc) is 2.85. The molecule has 0 aromatic carbocycles. The van der Waals surface area contributed by atoms with E-state index in [4.69, 9.17) is 16.1 Å². The number of halogens is 1. The van der Waals surface area contributed by atoms with E-state index in [2.05, 4.69) is 10.1 Å². The topological polar surface area (TPSA) is 38.9 Å². The molecule has 0 bridgehead atoms. The minimum absolute atomic E-state index is 0.539. The van der Waals surface area contributed by atoms with Crippen LogP contribution >= 0.6 is 23.4 Å². The molecular weight excluding hydrogens is 232 g/mol. The van der Waals surface area contributed by atoms with Gasteiger partial charge in [-0.3, -0.25) is 0 Å². The van der Waals surface area contributed by atoms with Gasteiger partial charge in [0.1, 0.15) is 0 Å². The van der Waals surface area contributed by atoms with Crippen molar-refractivity contribution in [3.05, 3.63) is 11.7 Å². The molecule has 1 heterocycles. The highest BCUT2D eigenvalue weighted by Gasteiger charge is 2.16. The van der Waals surface area contributed by atoms with Crippen molar-refractivity contribution in [2.24, 2.45) is 0 Å². The predicted molar refractivity (Wildman–Crippen MR) is 62.3 cm³/mol. The first-order valence-electron chi connectivity index (χ1n) is 5.37. The number of thioether (sulfide) groups is 1. The number of hydrogen-bond donors (Lipinski definition) is 0. The predicted octanol–water partition coefficient (Wildman–Crippen LogP) is 3.03. The lowest BCUT2D eigenvalue weighted by atomic mass is 10.4. The van der Waals surface area contributed by atoms with E-state index < -0.39 is 0 Å². The number of nitrogens with zero attached hydrogens (tertiary/aromatic N) is 2. The Hall–Kier alpha value is -0.220. The van der Waals surface area contributed by atoms with E-state index in [9.17, 15) is 0 Å². The van der Waals surface area contributed by atoms with Crippen LogP contribution < -0.4 is 0 Å². The third-order valence-electron chi connectivity index (χ3n) is 2.57. The summed E-state index contributed by atoms with van der Waals surface area (Å²) in [6.45, 7) is 0. The molecule has 5 heteroatoms. The summed E-state index contributed by atoms with van der Waals surface area (Å²) in [5, 5.41) is 4.74. The summed E-state index contributed by atoms with van der Waals surface area (Å²) < 4.78 is 5.06. The van der Waals surface area contributed by atoms with E-state index in [-0.39, 0.29) is 0 Å². The molecule has 15 heavy (non-hydrogen) atoms. The molecule has 1 aromatic heterocycles. The van der Waals surface area contributed by atoms with Crippen LogP contribution in [-0.4, -0.2) is 21.3 Å². The number of alkyl halides is 1. The molecule has 3 nitrogen and oxygen atoms in total. The summed E-state index contributed by atoms with van der Waals surface area (Å²) >= 11 is 7.54. The minimum atomic E-state index is 0.539. The van der Waals surface area contributed by atoms with Crippen LogP contribution in [-0.2, 0) is 12.2 Å². The van der Waals surface area contributed by atoms with Crippen LogP contribution in [0.25, 0.3) is 0 Å². The Kier molecular flexibility index (Phi) is 4.32. The fourth-order valence-corrected chi connectivity index (χ4v) is 3.11. The first-order chi connectivity index (χ1) is 7.38. The van der Waals surface area contributed by atoms with Crippen LogP contribution in [0.4, 0.5) is 0 Å². The van der Waals surface area contributed by atoms with Crippen molar-refractivity contribution in [3.63, 3.8) is 0 Å². The molecule has 0 aliphatic heterocycles. The SMILES string of the molecule is ClCCc1nc(CSC2CCCC2)no1. The molecule has 1 aliphatic rings. The summed E-state index contributed by atoms with van der Waals surface area (Å²) in [4.78, 5) is 4.28. The molecule has 0 saturated heterocycles. The van der Waals surface area contributed by atoms with Crippen LogP contribution in [0.5, 0.6) is 0 Å². The third kappa shape index (κ3) is 3.38. The molecule has 0 unspecified atom stereocenters. The van der Waals surface area contributed by atoms with Gasteiger partial charge in [0.15, 0.2) is 5.82 Å². The zero-order chi connectivity index (χ0) is 10.5. The fraction of sp³-hybridized carbons (Fsp3) is 0.800. The first-order valence-corrected chi connectivity index (χ1v) is 6.96. The lowest BCUT2D eigenvalue weighted by Gasteiger charge is -2.04. The Bertz CT molecular complexity index is 299. The molecule has 1 saturated carbocycles. The van der Waals surface area contributed by atoms with Crippen LogP contribution in [0, 0.1) is 0 Å². The van der Waals surface area contributed by atoms with E-state index in [0.717, 1.165) is 16.8 Å². The Morgan fingerprint density at radius 1 is 1.40 bits per heavy atom. The number of rotatable bonds is 5. The van der Waals surface area contributed by atoms with Crippen molar-refractivity contribution in [3.8, 4) is 0 Å². The van der Waals surface area contributed by atoms with Crippen LogP contribution in [0.1, 0.15) is 37.4 Å². The van der Waals surface area contributed by atoms with Crippen molar-refractivity contribution in [2.45, 2.75) is 43.1 Å². The lowest BCUT2D eigenvalue weighted by Crippen LogP contribution is -1.96. The van der Waals surface area contributed by atoms with Gasteiger partial charge in [-0.25, -0.2) is 0 Å². The maximum absolute atomic E-state index is 5.59. The molecule has 1 fully saturated rings. The number of hydrogen-bond acceptors (Lipinski definition) is 4. The summed E-state index contributed by atoms with van der Waals surface area (Å²) in [5.74, 6) is 2.88. The average molecular weight is 247 g/mol. The molecule has 0 spiro atoms. The molecule has 1 aliphatic carbocycles. The molecule has 0 amide bonds. The maximum atomic E-state index is 5.59. The Morgan fingerprint density at radius 3 is 2.93 bits per heavy atom. The van der Waals surface area contributed by atoms with E-state index in [1.165, 1.54) is 25.7 Å². The van der Waals surface area contributed by atoms with Gasteiger partial charge in [0.25, 0.3) is 0 Å². The van der Waals surface area contributed by atoms with E-state index >= 15 is 0 Å².